The van der Waals surface area contributed by atoms with Crippen LogP contribution in [0.2, 0.25) is 0 Å². The van der Waals surface area contributed by atoms with Crippen LogP contribution in [0.25, 0.3) is 0 Å². The SMILES string of the molecule is CC1(C)S[C@@H]2C(NC(=O)C(Oc3ccccc3)c3ccccc3)C(=O)N2[C@H]1C(=O)[O-]. The molecule has 2 fully saturated rings. The van der Waals surface area contributed by atoms with Crippen LogP contribution < -0.4 is 15.2 Å². The van der Waals surface area contributed by atoms with E-state index >= 15 is 0 Å². The lowest BCUT2D eigenvalue weighted by Gasteiger charge is -2.45. The number of hydrogen-bond donors (Lipinski definition) is 1. The van der Waals surface area contributed by atoms with Gasteiger partial charge in [-0.15, -0.1) is 11.8 Å². The van der Waals surface area contributed by atoms with Gasteiger partial charge >= 0.3 is 0 Å². The zero-order valence-corrected chi connectivity index (χ0v) is 17.3. The predicted molar refractivity (Wildman–Crippen MR) is 109 cm³/mol. The van der Waals surface area contributed by atoms with Crippen molar-refractivity contribution in [1.82, 2.24) is 10.2 Å². The number of aliphatic carboxylic acids is 1. The Labute approximate surface area is 178 Å². The Morgan fingerprint density at radius 1 is 1.10 bits per heavy atom. The van der Waals surface area contributed by atoms with Gasteiger partial charge in [-0.3, -0.25) is 9.59 Å². The van der Waals surface area contributed by atoms with Gasteiger partial charge in [0, 0.05) is 10.3 Å². The van der Waals surface area contributed by atoms with E-state index in [1.807, 2.05) is 12.1 Å². The second-order valence-corrected chi connectivity index (χ2v) is 9.56. The van der Waals surface area contributed by atoms with Gasteiger partial charge in [0.2, 0.25) is 12.0 Å². The number of nitrogens with zero attached hydrogens (tertiary/aromatic N) is 1. The van der Waals surface area contributed by atoms with Gasteiger partial charge in [-0.05, 0) is 26.0 Å². The quantitative estimate of drug-likeness (QED) is 0.696. The molecule has 2 amide bonds. The number of para-hydroxylation sites is 1. The van der Waals surface area contributed by atoms with E-state index in [9.17, 15) is 19.5 Å². The number of benzene rings is 2. The first kappa shape index (κ1) is 20.3. The molecule has 156 valence electrons. The maximum atomic E-state index is 13.1. The number of nitrogens with one attached hydrogen (secondary N) is 1. The molecular weight excluding hydrogens is 404 g/mol. The molecule has 2 aliphatic heterocycles. The average molecular weight is 425 g/mol. The minimum atomic E-state index is -1.29. The van der Waals surface area contributed by atoms with Crippen molar-refractivity contribution in [3.63, 3.8) is 0 Å². The highest BCUT2D eigenvalue weighted by molar-refractivity contribution is 8.01. The van der Waals surface area contributed by atoms with Crippen LogP contribution in [0.15, 0.2) is 60.7 Å². The Bertz CT molecular complexity index is 966. The lowest BCUT2D eigenvalue weighted by Crippen LogP contribution is -2.72. The maximum Gasteiger partial charge on any atom is 0.266 e. The molecule has 2 saturated heterocycles. The van der Waals surface area contributed by atoms with Crippen LogP contribution in [-0.2, 0) is 14.4 Å². The van der Waals surface area contributed by atoms with Gasteiger partial charge in [-0.2, -0.15) is 0 Å². The summed E-state index contributed by atoms with van der Waals surface area (Å²) in [6, 6.07) is 16.1. The molecule has 0 radical (unpaired) electrons. The first-order valence-corrected chi connectivity index (χ1v) is 10.5. The van der Waals surface area contributed by atoms with Crippen LogP contribution in [0, 0.1) is 0 Å². The van der Waals surface area contributed by atoms with E-state index in [0.29, 0.717) is 11.3 Å². The van der Waals surface area contributed by atoms with Gasteiger partial charge in [-0.25, -0.2) is 0 Å². The molecule has 2 unspecified atom stereocenters. The van der Waals surface area contributed by atoms with Gasteiger partial charge < -0.3 is 24.9 Å². The molecule has 30 heavy (non-hydrogen) atoms. The molecule has 4 atom stereocenters. The fraction of sp³-hybridized carbons (Fsp3) is 0.318. The van der Waals surface area contributed by atoms with Crippen LogP contribution in [-0.4, -0.2) is 44.9 Å². The molecule has 0 aromatic heterocycles. The number of thioether (sulfide) groups is 1. The molecule has 0 bridgehead atoms. The summed E-state index contributed by atoms with van der Waals surface area (Å²) in [7, 11) is 0. The highest BCUT2D eigenvalue weighted by Gasteiger charge is 2.62. The van der Waals surface area contributed by atoms with Crippen molar-refractivity contribution < 1.29 is 24.2 Å². The minimum Gasteiger partial charge on any atom is -0.548 e. The summed E-state index contributed by atoms with van der Waals surface area (Å²) in [4.78, 5) is 38.6. The molecule has 2 aliphatic rings. The number of carbonyl (C=O) groups is 3. The van der Waals surface area contributed by atoms with Gasteiger partial charge in [0.1, 0.15) is 17.2 Å². The van der Waals surface area contributed by atoms with Crippen molar-refractivity contribution in [3.05, 3.63) is 66.2 Å². The van der Waals surface area contributed by atoms with Crippen LogP contribution >= 0.6 is 11.8 Å². The normalized spacial score (nSPS) is 25.1. The second-order valence-electron chi connectivity index (χ2n) is 7.79. The number of carboxylic acid groups (broad SMARTS) is 1. The lowest BCUT2D eigenvalue weighted by atomic mass is 9.96. The Balaban J connectivity index is 1.54. The Morgan fingerprint density at radius 2 is 1.70 bits per heavy atom. The van der Waals surface area contributed by atoms with E-state index in [4.69, 9.17) is 4.74 Å². The van der Waals surface area contributed by atoms with Crippen molar-refractivity contribution in [2.75, 3.05) is 0 Å². The number of β-lactam (4-membered cyclic amide) rings is 1. The standard InChI is InChI=1S/C22H22N2O5S/c1-22(2)17(21(27)28)24-19(26)15(20(24)30-22)23-18(25)16(13-9-5-3-6-10-13)29-14-11-7-4-8-12-14/h3-12,15-17,20H,1-2H3,(H,23,25)(H,27,28)/p-1/t15?,16?,17-,20+/m0/s1. The number of carbonyl (C=O) groups excluding carboxylic acids is 3. The zero-order valence-electron chi connectivity index (χ0n) is 16.5. The molecule has 0 aliphatic carbocycles. The minimum absolute atomic E-state index is 0.424. The highest BCUT2D eigenvalue weighted by Crippen LogP contribution is 2.50. The summed E-state index contributed by atoms with van der Waals surface area (Å²) in [6.07, 6.45) is -0.952. The number of ether oxygens (including phenoxy) is 1. The third kappa shape index (κ3) is 3.52. The predicted octanol–water partition coefficient (Wildman–Crippen LogP) is 1.10. The number of hydrogen-bond acceptors (Lipinski definition) is 6. The van der Waals surface area contributed by atoms with Gasteiger partial charge in [-0.1, -0.05) is 48.5 Å². The van der Waals surface area contributed by atoms with Crippen LogP contribution in [0.1, 0.15) is 25.5 Å². The van der Waals surface area contributed by atoms with Crippen LogP contribution in [0.5, 0.6) is 5.75 Å². The van der Waals surface area contributed by atoms with E-state index in [1.54, 1.807) is 62.4 Å². The largest absolute Gasteiger partial charge is 0.548 e. The molecule has 4 rings (SSSR count). The van der Waals surface area contributed by atoms with Gasteiger partial charge in [0.05, 0.1) is 12.0 Å². The molecular formula is C22H21N2O5S-. The molecule has 2 aromatic carbocycles. The molecule has 0 spiro atoms. The van der Waals surface area contributed by atoms with E-state index < -0.39 is 46.1 Å². The third-order valence-electron chi connectivity index (χ3n) is 5.30. The van der Waals surface area contributed by atoms with Gasteiger partial charge in [0.25, 0.3) is 5.91 Å². The van der Waals surface area contributed by atoms with Crippen LogP contribution in [0.4, 0.5) is 0 Å². The first-order chi connectivity index (χ1) is 14.3. The van der Waals surface area contributed by atoms with Crippen molar-refractivity contribution in [2.24, 2.45) is 0 Å². The third-order valence-corrected chi connectivity index (χ3v) is 6.87. The van der Waals surface area contributed by atoms with Crippen molar-refractivity contribution in [1.29, 1.82) is 0 Å². The topological polar surface area (TPSA) is 98.8 Å². The molecule has 8 heteroatoms. The summed E-state index contributed by atoms with van der Waals surface area (Å²) in [5.74, 6) is -1.65. The van der Waals surface area contributed by atoms with E-state index in [2.05, 4.69) is 5.32 Å². The fourth-order valence-electron chi connectivity index (χ4n) is 3.89. The van der Waals surface area contributed by atoms with Crippen molar-refractivity contribution in [3.8, 4) is 5.75 Å². The smallest absolute Gasteiger partial charge is 0.266 e. The summed E-state index contributed by atoms with van der Waals surface area (Å²) >= 11 is 1.35. The molecule has 0 saturated carbocycles. The molecule has 2 aromatic rings. The maximum absolute atomic E-state index is 13.1. The van der Waals surface area contributed by atoms with Crippen molar-refractivity contribution >= 4 is 29.5 Å². The van der Waals surface area contributed by atoms with E-state index in [-0.39, 0.29) is 0 Å². The summed E-state index contributed by atoms with van der Waals surface area (Å²) in [5, 5.41) is 13.9. The Morgan fingerprint density at radius 3 is 2.30 bits per heavy atom. The molecule has 7 nitrogen and oxygen atoms in total. The number of fused-ring (bicyclic) bond motifs is 1. The molecule has 1 N–H and O–H groups in total. The summed E-state index contributed by atoms with van der Waals surface area (Å²) < 4.78 is 5.22. The fourth-order valence-corrected chi connectivity index (χ4v) is 5.51. The van der Waals surface area contributed by atoms with E-state index in [0.717, 1.165) is 0 Å². The second kappa shape index (κ2) is 7.68. The Hall–Kier alpha value is -3.00. The highest BCUT2D eigenvalue weighted by atomic mass is 32.2. The van der Waals surface area contributed by atoms with Crippen molar-refractivity contribution in [2.45, 2.75) is 42.2 Å². The van der Waals surface area contributed by atoms with Gasteiger partial charge in [0.15, 0.2) is 0 Å². The number of carboxylic acids is 1. The summed E-state index contributed by atoms with van der Waals surface area (Å²) in [5.41, 5.74) is 0.648. The van der Waals surface area contributed by atoms with E-state index in [1.165, 1.54) is 16.7 Å². The number of rotatable bonds is 6. The lowest BCUT2D eigenvalue weighted by molar-refractivity contribution is -0.312. The number of amides is 2. The zero-order chi connectivity index (χ0) is 21.5. The Kier molecular flexibility index (Phi) is 5.19. The first-order valence-electron chi connectivity index (χ1n) is 9.57. The monoisotopic (exact) mass is 425 g/mol. The molecule has 2 heterocycles. The van der Waals surface area contributed by atoms with Crippen LogP contribution in [0.3, 0.4) is 0 Å². The average Bonchev–Trinajstić information content (AvgIpc) is 2.99. The summed E-state index contributed by atoms with van der Waals surface area (Å²) in [6.45, 7) is 3.52.